The van der Waals surface area contributed by atoms with E-state index < -0.39 is 0 Å². The minimum absolute atomic E-state index is 0.0745. The summed E-state index contributed by atoms with van der Waals surface area (Å²) in [4.78, 5) is 40.4. The Morgan fingerprint density at radius 2 is 1.11 bits per heavy atom. The highest BCUT2D eigenvalue weighted by Crippen LogP contribution is 2.03. The number of carbonyl (C=O) groups excluding carboxylic acids is 2. The molecular formula is C27H50N4O5. The van der Waals surface area contributed by atoms with Gasteiger partial charge in [-0.05, 0) is 44.5 Å². The van der Waals surface area contributed by atoms with E-state index in [-0.39, 0.29) is 25.0 Å². The number of hydroxylamine groups is 2. The lowest BCUT2D eigenvalue weighted by atomic mass is 10.2. The number of rotatable bonds is 8. The maximum Gasteiger partial charge on any atom is 0.276 e. The zero-order valence-electron chi connectivity index (χ0n) is 24.3. The Balaban J connectivity index is -0.000000222. The van der Waals surface area contributed by atoms with Crippen molar-refractivity contribution in [2.24, 2.45) is 0 Å². The fraction of sp³-hybridized carbons (Fsp3) is 0.556. The Bertz CT molecular complexity index is 695. The van der Waals surface area contributed by atoms with Gasteiger partial charge in [0, 0.05) is 12.4 Å². The normalized spacial score (nSPS) is 8.33. The summed E-state index contributed by atoms with van der Waals surface area (Å²) < 4.78 is 0. The molecule has 3 N–H and O–H groups in total. The largest absolute Gasteiger partial charge is 0.394 e. The number of nitrogens with zero attached hydrogens (tertiary/aromatic N) is 2. The van der Waals surface area contributed by atoms with Gasteiger partial charge in [-0.15, -0.1) is 0 Å². The zero-order valence-corrected chi connectivity index (χ0v) is 24.3. The van der Waals surface area contributed by atoms with Gasteiger partial charge in [0.2, 0.25) is 0 Å². The van der Waals surface area contributed by atoms with E-state index in [4.69, 9.17) is 9.94 Å². The molecular weight excluding hydrogens is 460 g/mol. The van der Waals surface area contributed by atoms with Crippen molar-refractivity contribution >= 4 is 11.8 Å². The van der Waals surface area contributed by atoms with Gasteiger partial charge in [0.05, 0.1) is 42.3 Å². The van der Waals surface area contributed by atoms with Crippen molar-refractivity contribution in [3.8, 4) is 0 Å². The van der Waals surface area contributed by atoms with Crippen molar-refractivity contribution in [2.75, 3.05) is 19.8 Å². The molecule has 0 atom stereocenters. The topological polar surface area (TPSA) is 123 Å². The first-order chi connectivity index (χ1) is 17.5. The number of hydrogen-bond acceptors (Lipinski definition) is 7. The molecule has 2 amide bonds. The summed E-state index contributed by atoms with van der Waals surface area (Å²) in [6.07, 6.45) is 4.13. The first kappa shape index (κ1) is 40.3. The van der Waals surface area contributed by atoms with Crippen LogP contribution >= 0.6 is 0 Å². The van der Waals surface area contributed by atoms with Crippen LogP contribution in [0.3, 0.4) is 0 Å². The summed E-state index contributed by atoms with van der Waals surface area (Å²) in [5, 5.41) is 8.42. The predicted octanol–water partition coefficient (Wildman–Crippen LogP) is 5.61. The van der Waals surface area contributed by atoms with Crippen LogP contribution in [0.5, 0.6) is 0 Å². The van der Waals surface area contributed by atoms with Crippen LogP contribution in [0.1, 0.15) is 101 Å². The minimum atomic E-state index is -0.357. The average Bonchev–Trinajstić information content (AvgIpc) is 2.94. The number of nitrogens with one attached hydrogen (secondary N) is 2. The molecule has 9 nitrogen and oxygen atoms in total. The summed E-state index contributed by atoms with van der Waals surface area (Å²) in [5.41, 5.74) is 6.91. The van der Waals surface area contributed by atoms with Crippen LogP contribution in [-0.4, -0.2) is 46.7 Å². The highest BCUT2D eigenvalue weighted by atomic mass is 16.7. The molecule has 0 aliphatic heterocycles. The van der Waals surface area contributed by atoms with Crippen molar-refractivity contribution in [1.82, 2.24) is 20.9 Å². The van der Waals surface area contributed by atoms with Crippen molar-refractivity contribution in [2.45, 2.75) is 82.6 Å². The van der Waals surface area contributed by atoms with Gasteiger partial charge in [-0.2, -0.15) is 0 Å². The summed E-state index contributed by atoms with van der Waals surface area (Å²) in [5.74, 6) is -0.604. The van der Waals surface area contributed by atoms with Crippen LogP contribution in [0.2, 0.25) is 0 Å². The van der Waals surface area contributed by atoms with E-state index in [0.717, 1.165) is 6.42 Å². The van der Waals surface area contributed by atoms with Gasteiger partial charge in [-0.3, -0.25) is 29.2 Å². The van der Waals surface area contributed by atoms with Gasteiger partial charge >= 0.3 is 0 Å². The second-order valence-corrected chi connectivity index (χ2v) is 5.56. The van der Waals surface area contributed by atoms with Crippen LogP contribution in [-0.2, 0) is 9.68 Å². The molecule has 0 fully saturated rings. The van der Waals surface area contributed by atoms with Gasteiger partial charge in [-0.25, -0.2) is 11.0 Å². The number of hydrogen-bond donors (Lipinski definition) is 3. The molecule has 0 spiro atoms. The van der Waals surface area contributed by atoms with E-state index in [2.05, 4.69) is 25.8 Å². The van der Waals surface area contributed by atoms with Crippen LogP contribution in [0.25, 0.3) is 0 Å². The molecule has 0 aromatic carbocycles. The average molecular weight is 511 g/mol. The van der Waals surface area contributed by atoms with Gasteiger partial charge in [0.15, 0.2) is 0 Å². The fourth-order valence-electron chi connectivity index (χ4n) is 1.94. The van der Waals surface area contributed by atoms with E-state index in [1.54, 1.807) is 50.5 Å². The molecule has 2 aromatic rings. The van der Waals surface area contributed by atoms with Crippen molar-refractivity contribution < 1.29 is 24.4 Å². The highest BCUT2D eigenvalue weighted by molar-refractivity contribution is 5.94. The summed E-state index contributed by atoms with van der Waals surface area (Å²) >= 11 is 0. The number of amides is 2. The summed E-state index contributed by atoms with van der Waals surface area (Å²) in [6.45, 7) is 22.0. The SMILES string of the molecule is CC.CC.CC.CC.CCCONC(=O)c1cccnc1C.Cc1ncccc1C(=O)NOCCO. The maximum absolute atomic E-state index is 11.5. The summed E-state index contributed by atoms with van der Waals surface area (Å²) in [7, 11) is 0. The second-order valence-electron chi connectivity index (χ2n) is 5.56. The van der Waals surface area contributed by atoms with E-state index in [1.165, 1.54) is 0 Å². The van der Waals surface area contributed by atoms with Gasteiger partial charge in [0.25, 0.3) is 11.8 Å². The second kappa shape index (κ2) is 32.1. The molecule has 0 bridgehead atoms. The van der Waals surface area contributed by atoms with Gasteiger partial charge in [0.1, 0.15) is 0 Å². The molecule has 0 saturated heterocycles. The van der Waals surface area contributed by atoms with Gasteiger partial charge < -0.3 is 5.11 Å². The third-order valence-corrected chi connectivity index (χ3v) is 3.33. The van der Waals surface area contributed by atoms with Crippen molar-refractivity contribution in [3.05, 3.63) is 59.2 Å². The molecule has 0 unspecified atom stereocenters. The van der Waals surface area contributed by atoms with Crippen molar-refractivity contribution in [3.63, 3.8) is 0 Å². The summed E-state index contributed by atoms with van der Waals surface area (Å²) in [6, 6.07) is 6.77. The lowest BCUT2D eigenvalue weighted by Gasteiger charge is -2.05. The highest BCUT2D eigenvalue weighted by Gasteiger charge is 2.09. The smallest absolute Gasteiger partial charge is 0.276 e. The standard InChI is InChI=1S/C10H14N2O2.C9H12N2O3.4C2H6/c1-3-7-14-12-10(13)9-5-4-6-11-8(9)2;1-7-8(3-2-4-10-7)9(13)11-14-6-5-12;4*1-2/h4-6H,3,7H2,1-2H3,(H,12,13);2-4,12H,5-6H2,1H3,(H,11,13);4*1-2H3. The number of pyridine rings is 2. The molecule has 9 heteroatoms. The van der Waals surface area contributed by atoms with E-state index >= 15 is 0 Å². The lowest BCUT2D eigenvalue weighted by Crippen LogP contribution is -2.26. The first-order valence-electron chi connectivity index (χ1n) is 12.8. The van der Waals surface area contributed by atoms with Gasteiger partial charge in [-0.1, -0.05) is 62.3 Å². The number of aryl methyl sites for hydroxylation is 2. The number of aliphatic hydroxyl groups is 1. The molecule has 2 aromatic heterocycles. The first-order valence-corrected chi connectivity index (χ1v) is 12.8. The number of aromatic nitrogens is 2. The Hall–Kier alpha value is -2.88. The molecule has 36 heavy (non-hydrogen) atoms. The van der Waals surface area contributed by atoms with Crippen molar-refractivity contribution in [1.29, 1.82) is 0 Å². The van der Waals surface area contributed by atoms with E-state index in [0.29, 0.717) is 29.1 Å². The van der Waals surface area contributed by atoms with Crippen LogP contribution < -0.4 is 11.0 Å². The minimum Gasteiger partial charge on any atom is -0.394 e. The number of carbonyl (C=O) groups is 2. The van der Waals surface area contributed by atoms with Crippen LogP contribution in [0.15, 0.2) is 36.7 Å². The molecule has 0 radical (unpaired) electrons. The molecule has 0 aliphatic rings. The fourth-order valence-corrected chi connectivity index (χ4v) is 1.94. The Kier molecular flexibility index (Phi) is 36.0. The Labute approximate surface area is 219 Å². The predicted molar refractivity (Wildman–Crippen MR) is 148 cm³/mol. The van der Waals surface area contributed by atoms with Crippen LogP contribution in [0, 0.1) is 13.8 Å². The molecule has 0 aliphatic carbocycles. The molecule has 0 saturated carbocycles. The zero-order chi connectivity index (χ0) is 28.8. The lowest BCUT2D eigenvalue weighted by molar-refractivity contribution is 0.0167. The third-order valence-electron chi connectivity index (χ3n) is 3.33. The molecule has 208 valence electrons. The van der Waals surface area contributed by atoms with E-state index in [9.17, 15) is 9.59 Å². The van der Waals surface area contributed by atoms with Crippen LogP contribution in [0.4, 0.5) is 0 Å². The van der Waals surface area contributed by atoms with E-state index in [1.807, 2.05) is 62.3 Å². The quantitative estimate of drug-likeness (QED) is 0.311. The third kappa shape index (κ3) is 20.5. The molecule has 2 rings (SSSR count). The maximum atomic E-state index is 11.5. The Morgan fingerprint density at radius 3 is 1.42 bits per heavy atom. The number of aliphatic hydroxyl groups excluding tert-OH is 1. The monoisotopic (exact) mass is 510 g/mol. The Morgan fingerprint density at radius 1 is 0.750 bits per heavy atom. The molecule has 2 heterocycles.